The monoisotopic (exact) mass is 212 g/mol. The van der Waals surface area contributed by atoms with Crippen molar-refractivity contribution in [3.63, 3.8) is 0 Å². The largest absolute Gasteiger partial charge is 0.158 e. The predicted octanol–water partition coefficient (Wildman–Crippen LogP) is 3.02. The molecule has 0 spiro atoms. The average Bonchev–Trinajstić information content (AvgIpc) is 2.19. The molecule has 4 heteroatoms. The highest BCUT2D eigenvalue weighted by molar-refractivity contribution is 6.35. The molecule has 0 amide bonds. The number of rotatable bonds is 1. The van der Waals surface area contributed by atoms with Gasteiger partial charge in [-0.3, -0.25) is 0 Å². The van der Waals surface area contributed by atoms with Crippen LogP contribution in [0, 0.1) is 0 Å². The molecule has 0 atom stereocenters. The second-order valence-electron chi connectivity index (χ2n) is 2.66. The summed E-state index contributed by atoms with van der Waals surface area (Å²) in [4.78, 5) is 0. The van der Waals surface area contributed by atoms with Gasteiger partial charge in [-0.2, -0.15) is 10.2 Å². The Morgan fingerprint density at radius 3 is 2.46 bits per heavy atom. The Hall–Kier alpha value is -0.860. The van der Waals surface area contributed by atoms with Crippen LogP contribution in [-0.4, -0.2) is 10.2 Å². The third-order valence-electron chi connectivity index (χ3n) is 1.91. The second kappa shape index (κ2) is 3.48. The van der Waals surface area contributed by atoms with Gasteiger partial charge in [-0.05, 0) is 11.6 Å². The molecule has 13 heavy (non-hydrogen) atoms. The SMILES string of the molecule is ClCc1ccc(Cl)c2cnncc12. The molecule has 0 fully saturated rings. The van der Waals surface area contributed by atoms with Gasteiger partial charge >= 0.3 is 0 Å². The maximum Gasteiger partial charge on any atom is 0.0589 e. The fourth-order valence-corrected chi connectivity index (χ4v) is 1.68. The molecule has 0 N–H and O–H groups in total. The molecule has 0 unspecified atom stereocenters. The first kappa shape index (κ1) is 8.73. The van der Waals surface area contributed by atoms with E-state index in [2.05, 4.69) is 10.2 Å². The number of nitrogens with zero attached hydrogens (tertiary/aromatic N) is 2. The third kappa shape index (κ3) is 1.47. The molecular formula is C9H6Cl2N2. The van der Waals surface area contributed by atoms with E-state index >= 15 is 0 Å². The van der Waals surface area contributed by atoms with Crippen LogP contribution in [0.3, 0.4) is 0 Å². The van der Waals surface area contributed by atoms with E-state index in [1.54, 1.807) is 12.4 Å². The van der Waals surface area contributed by atoms with Gasteiger partial charge in [0.2, 0.25) is 0 Å². The van der Waals surface area contributed by atoms with Gasteiger partial charge in [-0.15, -0.1) is 11.6 Å². The summed E-state index contributed by atoms with van der Waals surface area (Å²) < 4.78 is 0. The predicted molar refractivity (Wildman–Crippen MR) is 54.1 cm³/mol. The van der Waals surface area contributed by atoms with Crippen LogP contribution in [-0.2, 0) is 5.88 Å². The highest BCUT2D eigenvalue weighted by Crippen LogP contribution is 2.25. The fourth-order valence-electron chi connectivity index (χ4n) is 1.24. The topological polar surface area (TPSA) is 25.8 Å². The summed E-state index contributed by atoms with van der Waals surface area (Å²) in [6.07, 6.45) is 3.33. The molecule has 66 valence electrons. The van der Waals surface area contributed by atoms with E-state index in [-0.39, 0.29) is 0 Å². The van der Waals surface area contributed by atoms with Crippen LogP contribution in [0.1, 0.15) is 5.56 Å². The minimum Gasteiger partial charge on any atom is -0.158 e. The summed E-state index contributed by atoms with van der Waals surface area (Å²) in [5.41, 5.74) is 1.02. The van der Waals surface area contributed by atoms with Gasteiger partial charge in [-0.25, -0.2) is 0 Å². The lowest BCUT2D eigenvalue weighted by Gasteiger charge is -2.02. The van der Waals surface area contributed by atoms with E-state index in [0.717, 1.165) is 16.3 Å². The highest BCUT2D eigenvalue weighted by atomic mass is 35.5. The first-order valence-electron chi connectivity index (χ1n) is 3.76. The molecule has 0 bridgehead atoms. The Balaban J connectivity index is 2.84. The molecule has 1 aromatic heterocycles. The Morgan fingerprint density at radius 1 is 1.08 bits per heavy atom. The molecule has 0 radical (unpaired) electrons. The molecule has 0 aliphatic heterocycles. The summed E-state index contributed by atoms with van der Waals surface area (Å²) in [6, 6.07) is 3.72. The van der Waals surface area contributed by atoms with Crippen molar-refractivity contribution in [1.29, 1.82) is 0 Å². The quantitative estimate of drug-likeness (QED) is 0.680. The molecule has 1 aromatic carbocycles. The van der Waals surface area contributed by atoms with E-state index in [0.29, 0.717) is 10.9 Å². The number of benzene rings is 1. The van der Waals surface area contributed by atoms with Crippen molar-refractivity contribution in [3.05, 3.63) is 35.1 Å². The first-order chi connectivity index (χ1) is 6.33. The highest BCUT2D eigenvalue weighted by Gasteiger charge is 2.03. The number of fused-ring (bicyclic) bond motifs is 1. The second-order valence-corrected chi connectivity index (χ2v) is 3.33. The normalized spacial score (nSPS) is 10.6. The van der Waals surface area contributed by atoms with Crippen LogP contribution in [0.2, 0.25) is 5.02 Å². The first-order valence-corrected chi connectivity index (χ1v) is 4.68. The van der Waals surface area contributed by atoms with Crippen molar-refractivity contribution in [2.75, 3.05) is 0 Å². The summed E-state index contributed by atoms with van der Waals surface area (Å²) in [6.45, 7) is 0. The maximum atomic E-state index is 5.98. The van der Waals surface area contributed by atoms with E-state index < -0.39 is 0 Å². The van der Waals surface area contributed by atoms with Gasteiger partial charge in [0.05, 0.1) is 17.4 Å². The summed E-state index contributed by atoms with van der Waals surface area (Å²) in [5, 5.41) is 10.1. The van der Waals surface area contributed by atoms with Crippen molar-refractivity contribution in [2.45, 2.75) is 5.88 Å². The number of hydrogen-bond acceptors (Lipinski definition) is 2. The third-order valence-corrected chi connectivity index (χ3v) is 2.53. The van der Waals surface area contributed by atoms with Crippen LogP contribution in [0.25, 0.3) is 10.8 Å². The van der Waals surface area contributed by atoms with Gasteiger partial charge < -0.3 is 0 Å². The summed E-state index contributed by atoms with van der Waals surface area (Å²) >= 11 is 11.7. The average molecular weight is 213 g/mol. The maximum absolute atomic E-state index is 5.98. The van der Waals surface area contributed by atoms with Crippen molar-refractivity contribution in [1.82, 2.24) is 10.2 Å². The van der Waals surface area contributed by atoms with Crippen LogP contribution in [0.5, 0.6) is 0 Å². The van der Waals surface area contributed by atoms with Crippen LogP contribution in [0.4, 0.5) is 0 Å². The number of hydrogen-bond donors (Lipinski definition) is 0. The Labute approximate surface area is 85.5 Å². The Morgan fingerprint density at radius 2 is 1.77 bits per heavy atom. The molecule has 1 heterocycles. The Kier molecular flexibility index (Phi) is 2.34. The molecule has 2 rings (SSSR count). The number of halogens is 2. The zero-order valence-electron chi connectivity index (χ0n) is 6.67. The lowest BCUT2D eigenvalue weighted by atomic mass is 10.1. The van der Waals surface area contributed by atoms with Gasteiger partial charge in [-0.1, -0.05) is 17.7 Å². The van der Waals surface area contributed by atoms with E-state index in [4.69, 9.17) is 23.2 Å². The zero-order chi connectivity index (χ0) is 9.26. The van der Waals surface area contributed by atoms with Crippen molar-refractivity contribution >= 4 is 34.0 Å². The lowest BCUT2D eigenvalue weighted by molar-refractivity contribution is 1.05. The molecule has 2 aromatic rings. The molecule has 0 saturated carbocycles. The van der Waals surface area contributed by atoms with E-state index in [1.807, 2.05) is 12.1 Å². The summed E-state index contributed by atoms with van der Waals surface area (Å²) in [5.74, 6) is 0.458. The van der Waals surface area contributed by atoms with Gasteiger partial charge in [0, 0.05) is 16.7 Å². The van der Waals surface area contributed by atoms with Crippen molar-refractivity contribution in [2.24, 2.45) is 0 Å². The number of aromatic nitrogens is 2. The van der Waals surface area contributed by atoms with Gasteiger partial charge in [0.15, 0.2) is 0 Å². The Bertz CT molecular complexity index is 443. The smallest absolute Gasteiger partial charge is 0.0589 e. The molecule has 0 aliphatic carbocycles. The minimum atomic E-state index is 0.458. The zero-order valence-corrected chi connectivity index (χ0v) is 8.18. The molecule has 0 saturated heterocycles. The van der Waals surface area contributed by atoms with Crippen LogP contribution < -0.4 is 0 Å². The fraction of sp³-hybridized carbons (Fsp3) is 0.111. The molecule has 0 aliphatic rings. The van der Waals surface area contributed by atoms with Gasteiger partial charge in [0.25, 0.3) is 0 Å². The van der Waals surface area contributed by atoms with Gasteiger partial charge in [0.1, 0.15) is 0 Å². The molecular weight excluding hydrogens is 207 g/mol. The van der Waals surface area contributed by atoms with Crippen molar-refractivity contribution < 1.29 is 0 Å². The van der Waals surface area contributed by atoms with Crippen LogP contribution in [0.15, 0.2) is 24.5 Å². The number of alkyl halides is 1. The lowest BCUT2D eigenvalue weighted by Crippen LogP contribution is -1.86. The van der Waals surface area contributed by atoms with Crippen LogP contribution >= 0.6 is 23.2 Å². The van der Waals surface area contributed by atoms with E-state index in [9.17, 15) is 0 Å². The molecule has 2 nitrogen and oxygen atoms in total. The standard InChI is InChI=1S/C9H6Cl2N2/c10-3-6-1-2-9(11)8-5-13-12-4-7(6)8/h1-2,4-5H,3H2. The summed E-state index contributed by atoms with van der Waals surface area (Å²) in [7, 11) is 0. The minimum absolute atomic E-state index is 0.458. The van der Waals surface area contributed by atoms with Crippen molar-refractivity contribution in [3.8, 4) is 0 Å². The van der Waals surface area contributed by atoms with E-state index in [1.165, 1.54) is 0 Å².